The summed E-state index contributed by atoms with van der Waals surface area (Å²) >= 11 is 1.85. The second-order valence-electron chi connectivity index (χ2n) is 6.47. The average molecular weight is 348 g/mol. The molecule has 0 saturated carbocycles. The third-order valence-corrected chi connectivity index (χ3v) is 5.29. The van der Waals surface area contributed by atoms with Crippen molar-refractivity contribution in [3.05, 3.63) is 59.9 Å². The zero-order chi connectivity index (χ0) is 17.4. The predicted octanol–water partition coefficient (Wildman–Crippen LogP) is 4.89. The van der Waals surface area contributed by atoms with Gasteiger partial charge in [-0.25, -0.2) is 0 Å². The van der Waals surface area contributed by atoms with Crippen LogP contribution in [-0.2, 0) is 5.75 Å². The standard InChI is InChI=1S/C20H20N4S/c1-13(2)25-12-18-21-22-20-17-7-5-4-6-16(17)19(23-24(18)20)15-10-8-14(3)9-11-15/h4-11,13H,12H2,1-3H3. The zero-order valence-corrected chi connectivity index (χ0v) is 15.4. The molecule has 0 radical (unpaired) electrons. The molecule has 0 aliphatic heterocycles. The molecule has 0 bridgehead atoms. The first-order valence-electron chi connectivity index (χ1n) is 8.45. The van der Waals surface area contributed by atoms with Gasteiger partial charge in [-0.15, -0.1) is 10.2 Å². The summed E-state index contributed by atoms with van der Waals surface area (Å²) in [6.07, 6.45) is 0. The highest BCUT2D eigenvalue weighted by Gasteiger charge is 2.15. The SMILES string of the molecule is Cc1ccc(-c2nn3c(CSC(C)C)nnc3c3ccccc23)cc1. The molecule has 5 heteroatoms. The molecule has 4 nitrogen and oxygen atoms in total. The van der Waals surface area contributed by atoms with Crippen LogP contribution >= 0.6 is 11.8 Å². The van der Waals surface area contributed by atoms with E-state index in [4.69, 9.17) is 5.10 Å². The van der Waals surface area contributed by atoms with E-state index >= 15 is 0 Å². The summed E-state index contributed by atoms with van der Waals surface area (Å²) in [5, 5.41) is 16.5. The first kappa shape index (κ1) is 16.1. The van der Waals surface area contributed by atoms with Crippen LogP contribution < -0.4 is 0 Å². The van der Waals surface area contributed by atoms with Crippen molar-refractivity contribution in [1.29, 1.82) is 0 Å². The molecule has 0 spiro atoms. The van der Waals surface area contributed by atoms with Gasteiger partial charge in [0, 0.05) is 16.3 Å². The maximum atomic E-state index is 4.92. The molecule has 0 N–H and O–H groups in total. The fraction of sp³-hybridized carbons (Fsp3) is 0.250. The molecular weight excluding hydrogens is 328 g/mol. The molecular formula is C20H20N4S. The van der Waals surface area contributed by atoms with E-state index in [0.29, 0.717) is 5.25 Å². The van der Waals surface area contributed by atoms with Gasteiger partial charge in [0.25, 0.3) is 0 Å². The Morgan fingerprint density at radius 3 is 2.40 bits per heavy atom. The quantitative estimate of drug-likeness (QED) is 0.526. The Labute approximate surface area is 151 Å². The van der Waals surface area contributed by atoms with Gasteiger partial charge in [-0.1, -0.05) is 67.9 Å². The minimum absolute atomic E-state index is 0.546. The second-order valence-corrected chi connectivity index (χ2v) is 8.04. The lowest BCUT2D eigenvalue weighted by Crippen LogP contribution is -2.02. The van der Waals surface area contributed by atoms with Crippen molar-refractivity contribution in [3.63, 3.8) is 0 Å². The van der Waals surface area contributed by atoms with E-state index in [0.717, 1.165) is 39.3 Å². The summed E-state index contributed by atoms with van der Waals surface area (Å²) in [7, 11) is 0. The van der Waals surface area contributed by atoms with Crippen molar-refractivity contribution >= 4 is 28.2 Å². The van der Waals surface area contributed by atoms with Crippen LogP contribution in [0.4, 0.5) is 0 Å². The average Bonchev–Trinajstić information content (AvgIpc) is 3.03. The Morgan fingerprint density at radius 2 is 1.68 bits per heavy atom. The number of thioether (sulfide) groups is 1. The number of benzene rings is 2. The van der Waals surface area contributed by atoms with Gasteiger partial charge in [0.05, 0.1) is 11.4 Å². The Morgan fingerprint density at radius 1 is 0.960 bits per heavy atom. The molecule has 0 saturated heterocycles. The van der Waals surface area contributed by atoms with E-state index in [-0.39, 0.29) is 0 Å². The largest absolute Gasteiger partial charge is 0.195 e. The molecule has 2 heterocycles. The van der Waals surface area contributed by atoms with Crippen LogP contribution in [0.1, 0.15) is 25.2 Å². The summed E-state index contributed by atoms with van der Waals surface area (Å²) in [5.41, 5.74) is 4.15. The van der Waals surface area contributed by atoms with Crippen LogP contribution in [0.3, 0.4) is 0 Å². The molecule has 0 aliphatic carbocycles. The highest BCUT2D eigenvalue weighted by Crippen LogP contribution is 2.29. The van der Waals surface area contributed by atoms with E-state index in [1.54, 1.807) is 0 Å². The number of aryl methyl sites for hydroxylation is 1. The van der Waals surface area contributed by atoms with Crippen LogP contribution in [0.25, 0.3) is 27.7 Å². The summed E-state index contributed by atoms with van der Waals surface area (Å²) in [4.78, 5) is 0. The maximum Gasteiger partial charge on any atom is 0.185 e. The van der Waals surface area contributed by atoms with E-state index < -0.39 is 0 Å². The number of hydrogen-bond acceptors (Lipinski definition) is 4. The van der Waals surface area contributed by atoms with Crippen LogP contribution in [0.2, 0.25) is 0 Å². The van der Waals surface area contributed by atoms with E-state index in [9.17, 15) is 0 Å². The summed E-state index contributed by atoms with van der Waals surface area (Å²) in [5.74, 6) is 1.70. The summed E-state index contributed by atoms with van der Waals surface area (Å²) in [6, 6.07) is 16.8. The predicted molar refractivity (Wildman–Crippen MR) is 105 cm³/mol. The highest BCUT2D eigenvalue weighted by molar-refractivity contribution is 7.99. The number of hydrogen-bond donors (Lipinski definition) is 0. The zero-order valence-electron chi connectivity index (χ0n) is 14.6. The van der Waals surface area contributed by atoms with Crippen molar-refractivity contribution in [2.75, 3.05) is 0 Å². The molecule has 2 aromatic carbocycles. The van der Waals surface area contributed by atoms with E-state index in [1.165, 1.54) is 5.56 Å². The normalized spacial score (nSPS) is 11.7. The lowest BCUT2D eigenvalue weighted by molar-refractivity contribution is 0.874. The van der Waals surface area contributed by atoms with E-state index in [2.05, 4.69) is 67.4 Å². The molecule has 2 aromatic heterocycles. The number of nitrogens with zero attached hydrogens (tertiary/aromatic N) is 4. The lowest BCUT2D eigenvalue weighted by Gasteiger charge is -2.09. The second kappa shape index (κ2) is 6.48. The van der Waals surface area contributed by atoms with Crippen LogP contribution in [0.15, 0.2) is 48.5 Å². The fourth-order valence-electron chi connectivity index (χ4n) is 2.88. The Kier molecular flexibility index (Phi) is 4.17. The monoisotopic (exact) mass is 348 g/mol. The van der Waals surface area contributed by atoms with Gasteiger partial charge in [0.15, 0.2) is 11.5 Å². The number of aromatic nitrogens is 4. The minimum atomic E-state index is 0.546. The van der Waals surface area contributed by atoms with Gasteiger partial charge in [-0.05, 0) is 12.2 Å². The molecule has 4 aromatic rings. The van der Waals surface area contributed by atoms with Gasteiger partial charge in [0.2, 0.25) is 0 Å². The molecule has 25 heavy (non-hydrogen) atoms. The van der Waals surface area contributed by atoms with Crippen molar-refractivity contribution in [1.82, 2.24) is 19.8 Å². The Balaban J connectivity index is 1.96. The van der Waals surface area contributed by atoms with Crippen molar-refractivity contribution in [2.45, 2.75) is 31.8 Å². The maximum absolute atomic E-state index is 4.92. The first-order chi connectivity index (χ1) is 12.1. The first-order valence-corrected chi connectivity index (χ1v) is 9.50. The Hall–Kier alpha value is -2.40. The van der Waals surface area contributed by atoms with Crippen LogP contribution in [0, 0.1) is 6.92 Å². The van der Waals surface area contributed by atoms with Crippen molar-refractivity contribution < 1.29 is 0 Å². The Bertz CT molecular complexity index is 1030. The summed E-state index contributed by atoms with van der Waals surface area (Å²) in [6.45, 7) is 6.47. The third kappa shape index (κ3) is 3.00. The van der Waals surface area contributed by atoms with Gasteiger partial charge in [0.1, 0.15) is 0 Å². The summed E-state index contributed by atoms with van der Waals surface area (Å²) < 4.78 is 1.91. The molecule has 0 fully saturated rings. The molecule has 0 atom stereocenters. The van der Waals surface area contributed by atoms with Crippen molar-refractivity contribution in [3.8, 4) is 11.3 Å². The van der Waals surface area contributed by atoms with Gasteiger partial charge >= 0.3 is 0 Å². The van der Waals surface area contributed by atoms with Crippen LogP contribution in [-0.4, -0.2) is 25.1 Å². The van der Waals surface area contributed by atoms with E-state index in [1.807, 2.05) is 28.4 Å². The molecule has 0 unspecified atom stereocenters. The third-order valence-electron chi connectivity index (χ3n) is 4.20. The smallest absolute Gasteiger partial charge is 0.185 e. The van der Waals surface area contributed by atoms with Crippen molar-refractivity contribution in [2.24, 2.45) is 0 Å². The molecule has 0 amide bonds. The topological polar surface area (TPSA) is 43.1 Å². The molecule has 0 aliphatic rings. The number of fused-ring (bicyclic) bond motifs is 3. The number of rotatable bonds is 4. The van der Waals surface area contributed by atoms with Gasteiger partial charge < -0.3 is 0 Å². The minimum Gasteiger partial charge on any atom is -0.195 e. The highest BCUT2D eigenvalue weighted by atomic mass is 32.2. The molecule has 4 rings (SSSR count). The van der Waals surface area contributed by atoms with Gasteiger partial charge in [-0.2, -0.15) is 21.4 Å². The lowest BCUT2D eigenvalue weighted by atomic mass is 10.0. The van der Waals surface area contributed by atoms with Gasteiger partial charge in [-0.3, -0.25) is 0 Å². The molecule has 126 valence electrons. The fourth-order valence-corrected chi connectivity index (χ4v) is 3.54. The van der Waals surface area contributed by atoms with Crippen LogP contribution in [0.5, 0.6) is 0 Å².